The van der Waals surface area contributed by atoms with E-state index >= 15 is 0 Å². The topological polar surface area (TPSA) is 57.6 Å². The van der Waals surface area contributed by atoms with Crippen LogP contribution < -0.4 is 0 Å². The first-order valence-corrected chi connectivity index (χ1v) is 4.70. The van der Waals surface area contributed by atoms with E-state index in [-0.39, 0.29) is 12.3 Å². The molecule has 0 atom stereocenters. The van der Waals surface area contributed by atoms with Crippen molar-refractivity contribution in [3.8, 4) is 0 Å². The van der Waals surface area contributed by atoms with Crippen LogP contribution in [0.25, 0.3) is 0 Å². The summed E-state index contributed by atoms with van der Waals surface area (Å²) < 4.78 is 0. The fraction of sp³-hybridized carbons (Fsp3) is 0.778. The number of amides is 1. The maximum atomic E-state index is 11.3. The molecule has 1 rings (SSSR count). The zero-order chi connectivity index (χ0) is 9.68. The predicted octanol–water partition coefficient (Wildman–Crippen LogP) is 0.864. The molecule has 1 saturated heterocycles. The van der Waals surface area contributed by atoms with Crippen molar-refractivity contribution < 1.29 is 14.7 Å². The van der Waals surface area contributed by atoms with Gasteiger partial charge in [-0.25, -0.2) is 0 Å². The molecule has 1 amide bonds. The van der Waals surface area contributed by atoms with Gasteiger partial charge in [0, 0.05) is 13.1 Å². The van der Waals surface area contributed by atoms with Crippen LogP contribution in [-0.2, 0) is 9.59 Å². The van der Waals surface area contributed by atoms with Crippen molar-refractivity contribution >= 4 is 11.9 Å². The largest absolute Gasteiger partial charge is 0.481 e. The van der Waals surface area contributed by atoms with Crippen LogP contribution in [0.3, 0.4) is 0 Å². The summed E-state index contributed by atoms with van der Waals surface area (Å²) >= 11 is 0. The molecule has 0 aliphatic carbocycles. The lowest BCUT2D eigenvalue weighted by atomic mass is 10.2. The van der Waals surface area contributed by atoms with Gasteiger partial charge in [-0.05, 0) is 12.8 Å². The summed E-state index contributed by atoms with van der Waals surface area (Å²) in [5, 5.41) is 8.44. The van der Waals surface area contributed by atoms with E-state index in [1.165, 1.54) is 0 Å². The normalized spacial score (nSPS) is 18.0. The quantitative estimate of drug-likeness (QED) is 0.649. The predicted molar refractivity (Wildman–Crippen MR) is 47.3 cm³/mol. The smallest absolute Gasteiger partial charge is 0.312 e. The number of carboxylic acid groups (broad SMARTS) is 1. The zero-order valence-corrected chi connectivity index (χ0v) is 7.66. The van der Waals surface area contributed by atoms with E-state index < -0.39 is 5.97 Å². The molecule has 1 N–H and O–H groups in total. The van der Waals surface area contributed by atoms with Crippen molar-refractivity contribution in [3.63, 3.8) is 0 Å². The van der Waals surface area contributed by atoms with Gasteiger partial charge >= 0.3 is 5.97 Å². The molecule has 74 valence electrons. The highest BCUT2D eigenvalue weighted by atomic mass is 16.4. The lowest BCUT2D eigenvalue weighted by Crippen LogP contribution is -2.33. The van der Waals surface area contributed by atoms with Gasteiger partial charge in [0.2, 0.25) is 5.91 Å². The molecule has 0 unspecified atom stereocenters. The van der Waals surface area contributed by atoms with Gasteiger partial charge in [-0.1, -0.05) is 12.8 Å². The van der Waals surface area contributed by atoms with Gasteiger partial charge in [0.15, 0.2) is 0 Å². The third kappa shape index (κ3) is 3.44. The molecule has 0 aromatic carbocycles. The minimum atomic E-state index is -1.03. The van der Waals surface area contributed by atoms with E-state index in [9.17, 15) is 9.59 Å². The minimum absolute atomic E-state index is 0.241. The molecule has 1 aliphatic rings. The van der Waals surface area contributed by atoms with E-state index in [0.717, 1.165) is 38.8 Å². The molecule has 0 aromatic heterocycles. The lowest BCUT2D eigenvalue weighted by Gasteiger charge is -2.18. The van der Waals surface area contributed by atoms with Crippen molar-refractivity contribution in [2.24, 2.45) is 0 Å². The Bertz CT molecular complexity index is 195. The second-order valence-electron chi connectivity index (χ2n) is 3.37. The van der Waals surface area contributed by atoms with Gasteiger partial charge in [-0.2, -0.15) is 0 Å². The molecule has 0 radical (unpaired) electrons. The third-order valence-electron chi connectivity index (χ3n) is 2.26. The van der Waals surface area contributed by atoms with Crippen molar-refractivity contribution in [1.29, 1.82) is 0 Å². The number of aliphatic carboxylic acids is 1. The Balaban J connectivity index is 2.39. The first-order valence-electron chi connectivity index (χ1n) is 4.70. The summed E-state index contributed by atoms with van der Waals surface area (Å²) in [4.78, 5) is 23.3. The molecule has 0 aromatic rings. The van der Waals surface area contributed by atoms with Crippen molar-refractivity contribution in [2.45, 2.75) is 32.1 Å². The van der Waals surface area contributed by atoms with E-state index in [0.29, 0.717) is 0 Å². The second-order valence-corrected chi connectivity index (χ2v) is 3.37. The van der Waals surface area contributed by atoms with Gasteiger partial charge in [0.25, 0.3) is 0 Å². The summed E-state index contributed by atoms with van der Waals surface area (Å²) in [5.41, 5.74) is 0. The summed E-state index contributed by atoms with van der Waals surface area (Å²) in [6.45, 7) is 1.46. The average molecular weight is 185 g/mol. The van der Waals surface area contributed by atoms with Crippen LogP contribution in [0.2, 0.25) is 0 Å². The Hall–Kier alpha value is -1.06. The molecule has 0 saturated carbocycles. The molecule has 4 heteroatoms. The van der Waals surface area contributed by atoms with Crippen molar-refractivity contribution in [2.75, 3.05) is 13.1 Å². The van der Waals surface area contributed by atoms with E-state index in [4.69, 9.17) is 5.11 Å². The first-order chi connectivity index (χ1) is 6.20. The highest BCUT2D eigenvalue weighted by Gasteiger charge is 2.17. The molecule has 4 nitrogen and oxygen atoms in total. The average Bonchev–Trinajstić information content (AvgIpc) is 2.29. The Morgan fingerprint density at radius 2 is 1.62 bits per heavy atom. The van der Waals surface area contributed by atoms with Crippen LogP contribution in [0.4, 0.5) is 0 Å². The molecule has 1 heterocycles. The molecule has 0 bridgehead atoms. The molecular formula is C9H15NO3. The van der Waals surface area contributed by atoms with Gasteiger partial charge in [0.1, 0.15) is 6.42 Å². The van der Waals surface area contributed by atoms with Crippen molar-refractivity contribution in [1.82, 2.24) is 4.90 Å². The highest BCUT2D eigenvalue weighted by Crippen LogP contribution is 2.10. The van der Waals surface area contributed by atoms with Crippen LogP contribution >= 0.6 is 0 Å². The fourth-order valence-corrected chi connectivity index (χ4v) is 1.56. The van der Waals surface area contributed by atoms with Crippen LogP contribution in [0.5, 0.6) is 0 Å². The Kier molecular flexibility index (Phi) is 3.73. The summed E-state index contributed by atoms with van der Waals surface area (Å²) in [6.07, 6.45) is 3.95. The number of carbonyl (C=O) groups is 2. The van der Waals surface area contributed by atoms with Crippen LogP contribution in [-0.4, -0.2) is 35.0 Å². The molecule has 0 spiro atoms. The van der Waals surface area contributed by atoms with Gasteiger partial charge in [-0.3, -0.25) is 9.59 Å². The number of nitrogens with zero attached hydrogens (tertiary/aromatic N) is 1. The van der Waals surface area contributed by atoms with Gasteiger partial charge in [-0.15, -0.1) is 0 Å². The highest BCUT2D eigenvalue weighted by molar-refractivity contribution is 5.93. The van der Waals surface area contributed by atoms with Crippen molar-refractivity contribution in [3.05, 3.63) is 0 Å². The lowest BCUT2D eigenvalue weighted by molar-refractivity contribution is -0.144. The van der Waals surface area contributed by atoms with E-state index in [1.807, 2.05) is 0 Å². The SMILES string of the molecule is O=C(O)CC(=O)N1CCCCCC1. The Morgan fingerprint density at radius 1 is 1.08 bits per heavy atom. The molecule has 1 aliphatic heterocycles. The van der Waals surface area contributed by atoms with Gasteiger partial charge < -0.3 is 10.0 Å². The Morgan fingerprint density at radius 3 is 2.08 bits per heavy atom. The maximum Gasteiger partial charge on any atom is 0.312 e. The molecular weight excluding hydrogens is 170 g/mol. The maximum absolute atomic E-state index is 11.3. The molecule has 13 heavy (non-hydrogen) atoms. The summed E-state index contributed by atoms with van der Waals surface area (Å²) in [7, 11) is 0. The number of carbonyl (C=O) groups excluding carboxylic acids is 1. The standard InChI is InChI=1S/C9H15NO3/c11-8(7-9(12)13)10-5-3-1-2-4-6-10/h1-7H2,(H,12,13). The van der Waals surface area contributed by atoms with E-state index in [1.54, 1.807) is 4.90 Å². The minimum Gasteiger partial charge on any atom is -0.481 e. The third-order valence-corrected chi connectivity index (χ3v) is 2.26. The van der Waals surface area contributed by atoms with Crippen LogP contribution in [0, 0.1) is 0 Å². The fourth-order valence-electron chi connectivity index (χ4n) is 1.56. The van der Waals surface area contributed by atoms with Gasteiger partial charge in [0.05, 0.1) is 0 Å². The van der Waals surface area contributed by atoms with Crippen LogP contribution in [0.15, 0.2) is 0 Å². The number of likely N-dealkylation sites (tertiary alicyclic amines) is 1. The summed E-state index contributed by atoms with van der Waals surface area (Å²) in [5.74, 6) is -1.27. The summed E-state index contributed by atoms with van der Waals surface area (Å²) in [6, 6.07) is 0. The number of rotatable bonds is 2. The molecule has 1 fully saturated rings. The first kappa shape index (κ1) is 10.0. The van der Waals surface area contributed by atoms with Crippen LogP contribution in [0.1, 0.15) is 32.1 Å². The number of carboxylic acids is 1. The monoisotopic (exact) mass is 185 g/mol. The Labute approximate surface area is 77.5 Å². The zero-order valence-electron chi connectivity index (χ0n) is 7.66. The number of hydrogen-bond acceptors (Lipinski definition) is 2. The van der Waals surface area contributed by atoms with E-state index in [2.05, 4.69) is 0 Å². The second kappa shape index (κ2) is 4.84. The number of hydrogen-bond donors (Lipinski definition) is 1.